The first-order valence-corrected chi connectivity index (χ1v) is 11.3. The highest BCUT2D eigenvalue weighted by molar-refractivity contribution is 6.31. The van der Waals surface area contributed by atoms with Gasteiger partial charge in [-0.3, -0.25) is 9.59 Å². The molecule has 0 aliphatic carbocycles. The van der Waals surface area contributed by atoms with E-state index in [2.05, 4.69) is 25.6 Å². The number of aliphatic imine (C=N–C) groups is 1. The maximum atomic E-state index is 12.7. The summed E-state index contributed by atoms with van der Waals surface area (Å²) in [5, 5.41) is 6.32. The van der Waals surface area contributed by atoms with Crippen molar-refractivity contribution < 1.29 is 14.3 Å². The third-order valence-corrected chi connectivity index (χ3v) is 6.44. The monoisotopic (exact) mass is 486 g/mol. The standard InChI is InChI=1S/C22H27ClN8O3/c1-34-14-5-2-13(3-6-14)4-7-15(32)31-10-8-22(9-11-31)12-26-21(30-22)29-20(33)16-18(24)28-19(25)17(23)27-16/h2-3,5-6H,4,7-12H2,1H3,(H4,24,25,28)(H2,26,29,30,33). The number of nitrogen functional groups attached to an aromatic ring is 2. The molecule has 2 aliphatic rings. The highest BCUT2D eigenvalue weighted by Gasteiger charge is 2.40. The van der Waals surface area contributed by atoms with Crippen LogP contribution in [-0.2, 0) is 11.2 Å². The number of methoxy groups -OCH3 is 1. The third kappa shape index (κ3) is 5.14. The Morgan fingerprint density at radius 3 is 2.56 bits per heavy atom. The van der Waals surface area contributed by atoms with Gasteiger partial charge in [-0.1, -0.05) is 23.7 Å². The molecular weight excluding hydrogens is 460 g/mol. The summed E-state index contributed by atoms with van der Waals surface area (Å²) in [4.78, 5) is 38.8. The molecule has 12 heteroatoms. The summed E-state index contributed by atoms with van der Waals surface area (Å²) >= 11 is 5.85. The molecule has 11 nitrogen and oxygen atoms in total. The van der Waals surface area contributed by atoms with Gasteiger partial charge in [0.15, 0.2) is 28.4 Å². The lowest BCUT2D eigenvalue weighted by atomic mass is 9.88. The molecule has 0 atom stereocenters. The molecular formula is C22H27ClN8O3. The van der Waals surface area contributed by atoms with Crippen molar-refractivity contribution in [3.8, 4) is 5.75 Å². The van der Waals surface area contributed by atoms with Crippen LogP contribution in [0.2, 0.25) is 5.15 Å². The van der Waals surface area contributed by atoms with Crippen LogP contribution in [0.5, 0.6) is 5.75 Å². The first kappa shape index (κ1) is 23.6. The molecule has 1 spiro atoms. The number of nitrogens with two attached hydrogens (primary N) is 2. The van der Waals surface area contributed by atoms with Gasteiger partial charge in [0.25, 0.3) is 0 Å². The number of ether oxygens (including phenoxy) is 1. The van der Waals surface area contributed by atoms with E-state index in [1.165, 1.54) is 0 Å². The van der Waals surface area contributed by atoms with Gasteiger partial charge in [-0.15, -0.1) is 0 Å². The molecule has 2 fully saturated rings. The van der Waals surface area contributed by atoms with Crippen molar-refractivity contribution in [1.82, 2.24) is 25.5 Å². The van der Waals surface area contributed by atoms with Gasteiger partial charge in [0, 0.05) is 26.1 Å². The van der Waals surface area contributed by atoms with Crippen LogP contribution in [0.15, 0.2) is 29.3 Å². The number of hydrogen-bond acceptors (Lipinski definition) is 7. The van der Waals surface area contributed by atoms with Crippen molar-refractivity contribution in [2.75, 3.05) is 38.2 Å². The predicted molar refractivity (Wildman–Crippen MR) is 129 cm³/mol. The Balaban J connectivity index is 1.30. The maximum absolute atomic E-state index is 12.7. The number of halogens is 1. The van der Waals surface area contributed by atoms with Gasteiger partial charge in [-0.25, -0.2) is 9.97 Å². The van der Waals surface area contributed by atoms with Gasteiger partial charge in [0.05, 0.1) is 12.6 Å². The number of aryl methyl sites for hydroxylation is 1. The normalized spacial score (nSPS) is 17.9. The fraction of sp³-hybridized carbons (Fsp3) is 0.409. The number of anilines is 2. The Labute approximate surface area is 201 Å². The van der Waals surface area contributed by atoms with E-state index in [1.807, 2.05) is 29.2 Å². The molecule has 34 heavy (non-hydrogen) atoms. The summed E-state index contributed by atoms with van der Waals surface area (Å²) in [5.41, 5.74) is 11.9. The summed E-state index contributed by atoms with van der Waals surface area (Å²) < 4.78 is 5.17. The zero-order chi connectivity index (χ0) is 24.3. The van der Waals surface area contributed by atoms with Gasteiger partial charge in [0.2, 0.25) is 5.91 Å². The van der Waals surface area contributed by atoms with Crippen molar-refractivity contribution in [3.63, 3.8) is 0 Å². The van der Waals surface area contributed by atoms with Gasteiger partial charge >= 0.3 is 5.91 Å². The molecule has 3 heterocycles. The number of amides is 2. The summed E-state index contributed by atoms with van der Waals surface area (Å²) in [6, 6.07) is 7.75. The molecule has 0 radical (unpaired) electrons. The third-order valence-electron chi connectivity index (χ3n) is 6.16. The lowest BCUT2D eigenvalue weighted by Gasteiger charge is -2.38. The van der Waals surface area contributed by atoms with Crippen molar-refractivity contribution >= 4 is 41.0 Å². The number of nitrogens with zero attached hydrogens (tertiary/aromatic N) is 4. The van der Waals surface area contributed by atoms with E-state index in [-0.39, 0.29) is 33.9 Å². The largest absolute Gasteiger partial charge is 0.497 e. The zero-order valence-electron chi connectivity index (χ0n) is 18.8. The van der Waals surface area contributed by atoms with Crippen molar-refractivity contribution in [2.24, 2.45) is 4.99 Å². The molecule has 1 aromatic heterocycles. The lowest BCUT2D eigenvalue weighted by molar-refractivity contribution is -0.132. The van der Waals surface area contributed by atoms with Crippen molar-refractivity contribution in [2.45, 2.75) is 31.2 Å². The topological polar surface area (TPSA) is 161 Å². The van der Waals surface area contributed by atoms with E-state index >= 15 is 0 Å². The SMILES string of the molecule is COc1ccc(CCC(=O)N2CCC3(CC2)CN/C(=N\C(=O)c2nc(Cl)c(N)nc2N)N3)cc1. The molecule has 6 N–H and O–H groups in total. The number of carbonyl (C=O) groups is 2. The fourth-order valence-electron chi connectivity index (χ4n) is 4.10. The molecule has 2 aromatic rings. The quantitative estimate of drug-likeness (QED) is 0.482. The molecule has 2 saturated heterocycles. The Morgan fingerprint density at radius 2 is 1.88 bits per heavy atom. The summed E-state index contributed by atoms with van der Waals surface area (Å²) in [7, 11) is 1.63. The molecule has 2 amide bonds. The zero-order valence-corrected chi connectivity index (χ0v) is 19.6. The van der Waals surface area contributed by atoms with E-state index in [4.69, 9.17) is 27.8 Å². The molecule has 0 unspecified atom stereocenters. The molecule has 1 aromatic carbocycles. The van der Waals surface area contributed by atoms with Crippen LogP contribution in [0.3, 0.4) is 0 Å². The average Bonchev–Trinajstić information content (AvgIpc) is 3.22. The number of likely N-dealkylation sites (tertiary alicyclic amines) is 1. The Kier molecular flexibility index (Phi) is 6.73. The number of carbonyl (C=O) groups excluding carboxylic acids is 2. The number of nitrogens with one attached hydrogen (secondary N) is 2. The molecule has 0 bridgehead atoms. The number of rotatable bonds is 5. The van der Waals surface area contributed by atoms with Crippen LogP contribution < -0.4 is 26.8 Å². The Hall–Kier alpha value is -3.60. The minimum absolute atomic E-state index is 0.0512. The van der Waals surface area contributed by atoms with Crippen LogP contribution in [0.25, 0.3) is 0 Å². The minimum Gasteiger partial charge on any atom is -0.497 e. The van der Waals surface area contributed by atoms with E-state index in [9.17, 15) is 9.59 Å². The first-order valence-electron chi connectivity index (χ1n) is 10.9. The smallest absolute Gasteiger partial charge is 0.302 e. The van der Waals surface area contributed by atoms with E-state index < -0.39 is 5.91 Å². The Morgan fingerprint density at radius 1 is 1.18 bits per heavy atom. The molecule has 4 rings (SSSR count). The van der Waals surface area contributed by atoms with Gasteiger partial charge in [-0.2, -0.15) is 4.99 Å². The van der Waals surface area contributed by atoms with E-state index in [0.29, 0.717) is 38.4 Å². The van der Waals surface area contributed by atoms with Gasteiger partial charge < -0.3 is 31.7 Å². The molecule has 2 aliphatic heterocycles. The molecule has 180 valence electrons. The fourth-order valence-corrected chi connectivity index (χ4v) is 4.23. The number of piperidine rings is 1. The van der Waals surface area contributed by atoms with Crippen molar-refractivity contribution in [3.05, 3.63) is 40.7 Å². The number of guanidine groups is 1. The van der Waals surface area contributed by atoms with E-state index in [1.54, 1.807) is 7.11 Å². The number of benzene rings is 1. The molecule has 0 saturated carbocycles. The highest BCUT2D eigenvalue weighted by Crippen LogP contribution is 2.25. The second-order valence-corrected chi connectivity index (χ2v) is 8.74. The maximum Gasteiger partial charge on any atom is 0.302 e. The Bertz CT molecular complexity index is 1110. The number of hydrogen-bond donors (Lipinski definition) is 4. The van der Waals surface area contributed by atoms with Crippen LogP contribution in [0, 0.1) is 0 Å². The second-order valence-electron chi connectivity index (χ2n) is 8.39. The average molecular weight is 487 g/mol. The first-order chi connectivity index (χ1) is 16.3. The summed E-state index contributed by atoms with van der Waals surface area (Å²) in [6.45, 7) is 1.85. The van der Waals surface area contributed by atoms with Crippen LogP contribution in [0.4, 0.5) is 11.6 Å². The van der Waals surface area contributed by atoms with Gasteiger partial charge in [-0.05, 0) is 37.0 Å². The predicted octanol–water partition coefficient (Wildman–Crippen LogP) is 0.986. The second kappa shape index (κ2) is 9.72. The number of aromatic nitrogens is 2. The summed E-state index contributed by atoms with van der Waals surface area (Å²) in [6.07, 6.45) is 2.61. The summed E-state index contributed by atoms with van der Waals surface area (Å²) in [5.74, 6) is 0.404. The van der Waals surface area contributed by atoms with E-state index in [0.717, 1.165) is 24.2 Å². The lowest BCUT2D eigenvalue weighted by Crippen LogP contribution is -2.53. The van der Waals surface area contributed by atoms with Gasteiger partial charge in [0.1, 0.15) is 5.75 Å². The van der Waals surface area contributed by atoms with Crippen LogP contribution >= 0.6 is 11.6 Å². The van der Waals surface area contributed by atoms with Crippen molar-refractivity contribution in [1.29, 1.82) is 0 Å². The minimum atomic E-state index is -0.676. The van der Waals surface area contributed by atoms with Crippen LogP contribution in [-0.4, -0.2) is 64.9 Å². The van der Waals surface area contributed by atoms with Crippen LogP contribution in [0.1, 0.15) is 35.3 Å². The highest BCUT2D eigenvalue weighted by atomic mass is 35.5.